The van der Waals surface area contributed by atoms with Crippen LogP contribution in [0, 0.1) is 6.92 Å². The monoisotopic (exact) mass is 378 g/mol. The Kier molecular flexibility index (Phi) is 5.55. The molecule has 0 radical (unpaired) electrons. The molecule has 0 spiro atoms. The Morgan fingerprint density at radius 2 is 2.04 bits per heavy atom. The van der Waals surface area contributed by atoms with Crippen molar-refractivity contribution in [1.29, 1.82) is 0 Å². The summed E-state index contributed by atoms with van der Waals surface area (Å²) in [5.74, 6) is -0.737. The number of benzene rings is 1. The van der Waals surface area contributed by atoms with Gasteiger partial charge < -0.3 is 15.6 Å². The lowest BCUT2D eigenvalue weighted by atomic mass is 10.2. The fourth-order valence-corrected chi connectivity index (χ4v) is 6.59. The highest BCUT2D eigenvalue weighted by Crippen LogP contribution is 2.31. The topological polar surface area (TPSA) is 127 Å². The number of hydrogen-bond donors (Lipinski definition) is 2. The first-order valence-electron chi connectivity index (χ1n) is 7.37. The zero-order chi connectivity index (χ0) is 18.1. The number of methoxy groups -OCH3 is 1. The van der Waals surface area contributed by atoms with E-state index >= 15 is 0 Å². The van der Waals surface area contributed by atoms with Crippen molar-refractivity contribution in [3.8, 4) is 5.75 Å². The van der Waals surface area contributed by atoms with E-state index in [1.54, 1.807) is 13.0 Å². The third kappa shape index (κ3) is 3.72. The summed E-state index contributed by atoms with van der Waals surface area (Å²) in [4.78, 5) is -0.0741. The quantitative estimate of drug-likeness (QED) is 0.657. The summed E-state index contributed by atoms with van der Waals surface area (Å²) in [5, 5.41) is 10.1. The predicted molar refractivity (Wildman–Crippen MR) is 89.1 cm³/mol. The van der Waals surface area contributed by atoms with E-state index in [1.807, 2.05) is 0 Å². The number of sulfone groups is 1. The van der Waals surface area contributed by atoms with E-state index in [0.29, 0.717) is 5.56 Å². The number of aliphatic hydroxyl groups is 1. The van der Waals surface area contributed by atoms with Gasteiger partial charge in [0.15, 0.2) is 9.84 Å². The van der Waals surface area contributed by atoms with Gasteiger partial charge in [-0.15, -0.1) is 0 Å². The van der Waals surface area contributed by atoms with Crippen molar-refractivity contribution >= 4 is 19.9 Å². The molecule has 0 bridgehead atoms. The Labute approximate surface area is 142 Å². The zero-order valence-electron chi connectivity index (χ0n) is 13.5. The highest BCUT2D eigenvalue weighted by atomic mass is 32.2. The Bertz CT molecular complexity index is 807. The van der Waals surface area contributed by atoms with Gasteiger partial charge in [-0.1, -0.05) is 6.07 Å². The van der Waals surface area contributed by atoms with Crippen LogP contribution >= 0.6 is 0 Å². The summed E-state index contributed by atoms with van der Waals surface area (Å²) in [6, 6.07) is 3.63. The van der Waals surface area contributed by atoms with Crippen molar-refractivity contribution < 1.29 is 26.7 Å². The molecule has 1 aliphatic heterocycles. The van der Waals surface area contributed by atoms with Crippen molar-refractivity contribution in [3.63, 3.8) is 0 Å². The van der Waals surface area contributed by atoms with Gasteiger partial charge in [-0.05, 0) is 24.6 Å². The Morgan fingerprint density at radius 1 is 1.38 bits per heavy atom. The number of nitrogens with two attached hydrogens (primary N) is 1. The standard InChI is InChI=1S/C14H22N2O6S2/c1-10-3-4-13(22-2)14(7-10)24(20,21)16(6-5-15)11-8-23(18,19)9-12(11)17/h3-4,7,11-12,17H,5-6,8-9,15H2,1-2H3/t11-,12-/m0/s1. The third-order valence-electron chi connectivity index (χ3n) is 3.92. The Balaban J connectivity index is 2.53. The van der Waals surface area contributed by atoms with Crippen LogP contribution in [0.15, 0.2) is 23.1 Å². The largest absolute Gasteiger partial charge is 0.495 e. The summed E-state index contributed by atoms with van der Waals surface area (Å²) in [7, 11) is -6.24. The van der Waals surface area contributed by atoms with E-state index in [0.717, 1.165) is 4.31 Å². The summed E-state index contributed by atoms with van der Waals surface area (Å²) in [6.07, 6.45) is -1.29. The summed E-state index contributed by atoms with van der Waals surface area (Å²) >= 11 is 0. The molecule has 0 aliphatic carbocycles. The number of ether oxygens (including phenoxy) is 1. The maximum Gasteiger partial charge on any atom is 0.247 e. The van der Waals surface area contributed by atoms with E-state index in [4.69, 9.17) is 10.5 Å². The van der Waals surface area contributed by atoms with Crippen LogP contribution in [0.3, 0.4) is 0 Å². The molecule has 24 heavy (non-hydrogen) atoms. The summed E-state index contributed by atoms with van der Waals surface area (Å²) < 4.78 is 55.8. The van der Waals surface area contributed by atoms with Gasteiger partial charge >= 0.3 is 0 Å². The molecular formula is C14H22N2O6S2. The van der Waals surface area contributed by atoms with Crippen molar-refractivity contribution in [1.82, 2.24) is 4.31 Å². The zero-order valence-corrected chi connectivity index (χ0v) is 15.2. The molecular weight excluding hydrogens is 356 g/mol. The molecule has 1 saturated heterocycles. The van der Waals surface area contributed by atoms with Gasteiger partial charge in [0.1, 0.15) is 10.6 Å². The molecule has 0 amide bonds. The third-order valence-corrected chi connectivity index (χ3v) is 7.56. The van der Waals surface area contributed by atoms with Crippen LogP contribution in [0.1, 0.15) is 5.56 Å². The molecule has 1 fully saturated rings. The molecule has 0 saturated carbocycles. The highest BCUT2D eigenvalue weighted by Gasteiger charge is 2.45. The van der Waals surface area contributed by atoms with Gasteiger partial charge in [0.2, 0.25) is 10.0 Å². The van der Waals surface area contributed by atoms with E-state index in [9.17, 15) is 21.9 Å². The fourth-order valence-electron chi connectivity index (χ4n) is 2.79. The maximum atomic E-state index is 13.1. The number of aryl methyl sites for hydroxylation is 1. The van der Waals surface area contributed by atoms with Crippen LogP contribution in [-0.4, -0.2) is 70.1 Å². The molecule has 136 valence electrons. The van der Waals surface area contributed by atoms with E-state index in [-0.39, 0.29) is 23.7 Å². The van der Waals surface area contributed by atoms with Gasteiger partial charge in [-0.3, -0.25) is 0 Å². The average Bonchev–Trinajstić information content (AvgIpc) is 2.77. The number of nitrogens with zero attached hydrogens (tertiary/aromatic N) is 1. The van der Waals surface area contributed by atoms with Gasteiger partial charge in [-0.2, -0.15) is 4.31 Å². The minimum atomic E-state index is -4.09. The molecule has 1 heterocycles. The van der Waals surface area contributed by atoms with Gasteiger partial charge in [0, 0.05) is 13.1 Å². The van der Waals surface area contributed by atoms with Crippen molar-refractivity contribution in [2.75, 3.05) is 31.7 Å². The lowest BCUT2D eigenvalue weighted by Crippen LogP contribution is -2.48. The highest BCUT2D eigenvalue weighted by molar-refractivity contribution is 7.92. The number of sulfonamides is 1. The van der Waals surface area contributed by atoms with Crippen LogP contribution in [0.5, 0.6) is 5.75 Å². The van der Waals surface area contributed by atoms with Crippen LogP contribution < -0.4 is 10.5 Å². The normalized spacial score (nSPS) is 23.5. The number of rotatable bonds is 6. The van der Waals surface area contributed by atoms with Crippen LogP contribution in [0.2, 0.25) is 0 Å². The maximum absolute atomic E-state index is 13.1. The first kappa shape index (κ1) is 19.1. The first-order valence-corrected chi connectivity index (χ1v) is 10.6. The summed E-state index contributed by atoms with van der Waals surface area (Å²) in [5.41, 5.74) is 6.23. The lowest BCUT2D eigenvalue weighted by Gasteiger charge is -2.29. The second-order valence-electron chi connectivity index (χ2n) is 5.77. The molecule has 0 unspecified atom stereocenters. The second kappa shape index (κ2) is 6.96. The van der Waals surface area contributed by atoms with Crippen LogP contribution in [-0.2, 0) is 19.9 Å². The predicted octanol–water partition coefficient (Wildman–Crippen LogP) is -0.889. The van der Waals surface area contributed by atoms with Gasteiger partial charge in [0.05, 0.1) is 30.8 Å². The van der Waals surface area contributed by atoms with Crippen molar-refractivity contribution in [2.24, 2.45) is 5.73 Å². The smallest absolute Gasteiger partial charge is 0.247 e. The van der Waals surface area contributed by atoms with Crippen LogP contribution in [0.25, 0.3) is 0 Å². The average molecular weight is 378 g/mol. The molecule has 10 heteroatoms. The molecule has 1 aromatic carbocycles. The Hall–Kier alpha value is -1.20. The fraction of sp³-hybridized carbons (Fsp3) is 0.571. The van der Waals surface area contributed by atoms with Crippen molar-refractivity contribution in [2.45, 2.75) is 24.0 Å². The first-order chi connectivity index (χ1) is 11.1. The van der Waals surface area contributed by atoms with Crippen LogP contribution in [0.4, 0.5) is 0 Å². The number of hydrogen-bond acceptors (Lipinski definition) is 7. The molecule has 2 atom stereocenters. The van der Waals surface area contributed by atoms with Gasteiger partial charge in [0.25, 0.3) is 0 Å². The molecule has 1 aromatic rings. The molecule has 1 aliphatic rings. The minimum Gasteiger partial charge on any atom is -0.495 e. The van der Waals surface area contributed by atoms with Crippen molar-refractivity contribution in [3.05, 3.63) is 23.8 Å². The molecule has 8 nitrogen and oxygen atoms in total. The van der Waals surface area contributed by atoms with E-state index < -0.39 is 43.5 Å². The number of aliphatic hydroxyl groups excluding tert-OH is 1. The summed E-state index contributed by atoms with van der Waals surface area (Å²) in [6.45, 7) is 1.63. The van der Waals surface area contributed by atoms with Gasteiger partial charge in [-0.25, -0.2) is 16.8 Å². The molecule has 2 rings (SSSR count). The minimum absolute atomic E-state index is 0.00334. The Morgan fingerprint density at radius 3 is 2.54 bits per heavy atom. The second-order valence-corrected chi connectivity index (χ2v) is 9.78. The SMILES string of the molecule is COc1ccc(C)cc1S(=O)(=O)N(CCN)[C@H]1CS(=O)(=O)C[C@@H]1O. The van der Waals surface area contributed by atoms with E-state index in [2.05, 4.69) is 0 Å². The lowest BCUT2D eigenvalue weighted by molar-refractivity contribution is 0.129. The van der Waals surface area contributed by atoms with E-state index in [1.165, 1.54) is 19.2 Å². The molecule has 0 aromatic heterocycles. The molecule has 3 N–H and O–H groups in total.